The molecule has 0 radical (unpaired) electrons. The van der Waals surface area contributed by atoms with Gasteiger partial charge in [-0.15, -0.1) is 0 Å². The molecule has 4 rings (SSSR count). The first-order valence-electron chi connectivity index (χ1n) is 11.0. The van der Waals surface area contributed by atoms with Crippen LogP contribution in [-0.4, -0.2) is 34.1 Å². The normalized spacial score (nSPS) is 25.1. The monoisotopic (exact) mass is 438 g/mol. The molecular formula is C25H30N2O3S. The van der Waals surface area contributed by atoms with Crippen LogP contribution in [0, 0.1) is 5.92 Å². The molecule has 1 heterocycles. The fraction of sp³-hybridized carbons (Fsp3) is 0.400. The van der Waals surface area contributed by atoms with Crippen LogP contribution in [0.15, 0.2) is 53.4 Å². The minimum Gasteiger partial charge on any atom is -0.504 e. The second-order valence-electron chi connectivity index (χ2n) is 8.19. The average Bonchev–Trinajstić information content (AvgIpc) is 3.06. The third-order valence-corrected chi connectivity index (χ3v) is 7.12. The number of carbonyl (C=O) groups excluding carboxylic acids is 1. The first-order chi connectivity index (χ1) is 15.1. The van der Waals surface area contributed by atoms with Crippen molar-refractivity contribution >= 4 is 29.4 Å². The molecule has 0 bridgehead atoms. The van der Waals surface area contributed by atoms with Gasteiger partial charge in [0.25, 0.3) is 5.91 Å². The van der Waals surface area contributed by atoms with Crippen molar-refractivity contribution in [1.82, 2.24) is 4.90 Å². The Bertz CT molecular complexity index is 947. The minimum absolute atomic E-state index is 0.0724. The van der Waals surface area contributed by atoms with E-state index in [0.29, 0.717) is 23.2 Å². The molecule has 1 aliphatic carbocycles. The zero-order valence-corrected chi connectivity index (χ0v) is 18.9. The van der Waals surface area contributed by atoms with E-state index in [1.165, 1.54) is 6.42 Å². The molecule has 1 unspecified atom stereocenters. The van der Waals surface area contributed by atoms with Crippen molar-refractivity contribution < 1.29 is 14.6 Å². The summed E-state index contributed by atoms with van der Waals surface area (Å²) >= 11 is 1.56. The van der Waals surface area contributed by atoms with Crippen molar-refractivity contribution in [1.29, 1.82) is 0 Å². The Labute approximate surface area is 188 Å². The highest BCUT2D eigenvalue weighted by atomic mass is 32.2. The lowest BCUT2D eigenvalue weighted by Crippen LogP contribution is -2.48. The van der Waals surface area contributed by atoms with Crippen LogP contribution in [-0.2, 0) is 4.79 Å². The number of carbonyl (C=O) groups is 1. The van der Waals surface area contributed by atoms with Gasteiger partial charge in [0.05, 0.1) is 11.5 Å². The van der Waals surface area contributed by atoms with E-state index >= 15 is 0 Å². The van der Waals surface area contributed by atoms with Crippen LogP contribution in [0.3, 0.4) is 0 Å². The minimum atomic E-state index is -0.143. The fourth-order valence-electron chi connectivity index (χ4n) is 4.41. The average molecular weight is 439 g/mol. The van der Waals surface area contributed by atoms with E-state index in [2.05, 4.69) is 17.1 Å². The Morgan fingerprint density at radius 3 is 2.71 bits per heavy atom. The molecule has 31 heavy (non-hydrogen) atoms. The molecule has 1 saturated carbocycles. The standard InChI is InChI=1S/C25H30N2O3S/c1-3-30-22-15-18(13-14-21(22)28)16-23-24(29)27(20-12-8-7-9-17(20)2)25(31-23)26-19-10-5-4-6-11-19/h4-6,10-11,13-17,20,25-26,28H,3,7-9,12H2,1-2H3/b23-16-/t17-,20-,25?/m0/s1. The molecule has 164 valence electrons. The van der Waals surface area contributed by atoms with Crippen LogP contribution in [0.5, 0.6) is 11.5 Å². The third kappa shape index (κ3) is 4.85. The number of nitrogens with zero attached hydrogens (tertiary/aromatic N) is 1. The number of hydrogen-bond donors (Lipinski definition) is 2. The largest absolute Gasteiger partial charge is 0.504 e. The van der Waals surface area contributed by atoms with Gasteiger partial charge in [-0.1, -0.05) is 55.8 Å². The number of hydrogen-bond acceptors (Lipinski definition) is 5. The second kappa shape index (κ2) is 9.69. The van der Waals surface area contributed by atoms with E-state index in [1.54, 1.807) is 23.9 Å². The predicted octanol–water partition coefficient (Wildman–Crippen LogP) is 5.68. The van der Waals surface area contributed by atoms with Crippen molar-refractivity contribution in [3.05, 3.63) is 59.0 Å². The zero-order valence-electron chi connectivity index (χ0n) is 18.1. The Hall–Kier alpha value is -2.60. The maximum absolute atomic E-state index is 13.5. The maximum Gasteiger partial charge on any atom is 0.262 e. The molecule has 6 heteroatoms. The summed E-state index contributed by atoms with van der Waals surface area (Å²) in [4.78, 5) is 16.3. The highest BCUT2D eigenvalue weighted by molar-refractivity contribution is 8.05. The Kier molecular flexibility index (Phi) is 6.76. The van der Waals surface area contributed by atoms with Gasteiger partial charge >= 0.3 is 0 Å². The van der Waals surface area contributed by atoms with Crippen LogP contribution in [0.2, 0.25) is 0 Å². The van der Waals surface area contributed by atoms with Gasteiger partial charge in [0.2, 0.25) is 0 Å². The van der Waals surface area contributed by atoms with Gasteiger partial charge in [-0.25, -0.2) is 0 Å². The van der Waals surface area contributed by atoms with Gasteiger partial charge in [-0.2, -0.15) is 0 Å². The molecule has 2 aromatic rings. The van der Waals surface area contributed by atoms with Gasteiger partial charge in [0, 0.05) is 11.7 Å². The highest BCUT2D eigenvalue weighted by Gasteiger charge is 2.42. The van der Waals surface area contributed by atoms with Crippen molar-refractivity contribution in [2.24, 2.45) is 5.92 Å². The number of anilines is 1. The number of ether oxygens (including phenoxy) is 1. The molecule has 1 saturated heterocycles. The lowest BCUT2D eigenvalue weighted by molar-refractivity contribution is -0.129. The van der Waals surface area contributed by atoms with Gasteiger partial charge in [-0.05, 0) is 61.6 Å². The molecule has 0 aromatic heterocycles. The number of nitrogens with one attached hydrogen (secondary N) is 1. The molecule has 2 N–H and O–H groups in total. The van der Waals surface area contributed by atoms with E-state index in [1.807, 2.05) is 49.4 Å². The van der Waals surface area contributed by atoms with E-state index in [9.17, 15) is 9.90 Å². The number of phenolic OH excluding ortho intramolecular Hbond substituents is 1. The summed E-state index contributed by atoms with van der Waals surface area (Å²) in [7, 11) is 0. The summed E-state index contributed by atoms with van der Waals surface area (Å²) < 4.78 is 5.51. The van der Waals surface area contributed by atoms with E-state index in [-0.39, 0.29) is 23.2 Å². The van der Waals surface area contributed by atoms with Crippen LogP contribution in [0.25, 0.3) is 6.08 Å². The van der Waals surface area contributed by atoms with Crippen molar-refractivity contribution in [2.75, 3.05) is 11.9 Å². The Morgan fingerprint density at radius 2 is 1.97 bits per heavy atom. The first-order valence-corrected chi connectivity index (χ1v) is 11.9. The van der Waals surface area contributed by atoms with Crippen LogP contribution in [0.4, 0.5) is 5.69 Å². The summed E-state index contributed by atoms with van der Waals surface area (Å²) in [6, 6.07) is 15.5. The van der Waals surface area contributed by atoms with Crippen molar-refractivity contribution in [3.8, 4) is 11.5 Å². The number of thioether (sulfide) groups is 1. The Balaban J connectivity index is 1.64. The van der Waals surface area contributed by atoms with Crippen LogP contribution in [0.1, 0.15) is 45.1 Å². The smallest absolute Gasteiger partial charge is 0.262 e. The van der Waals surface area contributed by atoms with Crippen molar-refractivity contribution in [3.63, 3.8) is 0 Å². The molecule has 0 spiro atoms. The Morgan fingerprint density at radius 1 is 1.19 bits per heavy atom. The molecule has 1 aliphatic heterocycles. The number of para-hydroxylation sites is 1. The number of benzene rings is 2. The molecule has 3 atom stereocenters. The second-order valence-corrected chi connectivity index (χ2v) is 9.31. The van der Waals surface area contributed by atoms with Crippen LogP contribution >= 0.6 is 11.8 Å². The summed E-state index contributed by atoms with van der Waals surface area (Å²) in [6.07, 6.45) is 6.51. The van der Waals surface area contributed by atoms with Crippen LogP contribution < -0.4 is 10.1 Å². The SMILES string of the molecule is CCOc1cc(/C=C2\SC(Nc3ccccc3)N([C@H]3CCCC[C@@H]3C)C2=O)ccc1O. The summed E-state index contributed by atoms with van der Waals surface area (Å²) in [5.41, 5.74) is 1.70. The first kappa shape index (κ1) is 21.6. The molecule has 2 aromatic carbocycles. The highest BCUT2D eigenvalue weighted by Crippen LogP contribution is 2.42. The fourth-order valence-corrected chi connectivity index (χ4v) is 5.62. The number of amides is 1. The van der Waals surface area contributed by atoms with E-state index in [4.69, 9.17) is 4.74 Å². The lowest BCUT2D eigenvalue weighted by Gasteiger charge is -2.39. The lowest BCUT2D eigenvalue weighted by atomic mass is 9.85. The predicted molar refractivity (Wildman–Crippen MR) is 127 cm³/mol. The van der Waals surface area contributed by atoms with Crippen molar-refractivity contribution in [2.45, 2.75) is 51.1 Å². The maximum atomic E-state index is 13.5. The van der Waals surface area contributed by atoms with E-state index < -0.39 is 0 Å². The summed E-state index contributed by atoms with van der Waals surface area (Å²) in [6.45, 7) is 4.61. The summed E-state index contributed by atoms with van der Waals surface area (Å²) in [5.74, 6) is 1.10. The molecule has 2 aliphatic rings. The van der Waals surface area contributed by atoms with Gasteiger partial charge in [0.1, 0.15) is 0 Å². The number of phenols is 1. The summed E-state index contributed by atoms with van der Waals surface area (Å²) in [5, 5.41) is 13.5. The van der Waals surface area contributed by atoms with Gasteiger partial charge in [-0.3, -0.25) is 4.79 Å². The molecule has 5 nitrogen and oxygen atoms in total. The molecule has 2 fully saturated rings. The van der Waals surface area contributed by atoms with Gasteiger partial charge in [0.15, 0.2) is 17.0 Å². The number of rotatable bonds is 6. The molecular weight excluding hydrogens is 408 g/mol. The quantitative estimate of drug-likeness (QED) is 0.568. The number of aromatic hydroxyl groups is 1. The van der Waals surface area contributed by atoms with E-state index in [0.717, 1.165) is 30.5 Å². The van der Waals surface area contributed by atoms with Gasteiger partial charge < -0.3 is 20.1 Å². The zero-order chi connectivity index (χ0) is 21.8. The molecule has 1 amide bonds. The third-order valence-electron chi connectivity index (χ3n) is 6.01. The topological polar surface area (TPSA) is 61.8 Å².